The summed E-state index contributed by atoms with van der Waals surface area (Å²) in [6.45, 7) is 2.37. The van der Waals surface area contributed by atoms with Crippen LogP contribution in [0.4, 0.5) is 11.8 Å². The average molecular weight is 442 g/mol. The standard InChI is InChI=1S/C24H35N5O3/c1-31-20-15-18-19(16-21(20)32-2)27-24(25-12-8-14-29-13-7-11-22(29)30)28-23(18)26-17-9-5-3-4-6-10-17/h15-17H,3-14H2,1-2H3,(H2,25,26,27,28). The van der Waals surface area contributed by atoms with Gasteiger partial charge in [-0.15, -0.1) is 0 Å². The van der Waals surface area contributed by atoms with Crippen molar-refractivity contribution in [3.05, 3.63) is 12.1 Å². The van der Waals surface area contributed by atoms with Crippen LogP contribution in [-0.2, 0) is 4.79 Å². The number of fused-ring (bicyclic) bond motifs is 1. The van der Waals surface area contributed by atoms with Gasteiger partial charge in [0, 0.05) is 43.5 Å². The third-order valence-electron chi connectivity index (χ3n) is 6.46. The smallest absolute Gasteiger partial charge is 0.225 e. The van der Waals surface area contributed by atoms with Crippen LogP contribution in [-0.4, -0.2) is 60.7 Å². The zero-order valence-electron chi connectivity index (χ0n) is 19.3. The minimum atomic E-state index is 0.267. The molecule has 1 saturated heterocycles. The Morgan fingerprint density at radius 3 is 2.47 bits per heavy atom. The summed E-state index contributed by atoms with van der Waals surface area (Å²) in [6, 6.07) is 4.27. The lowest BCUT2D eigenvalue weighted by Crippen LogP contribution is -2.27. The van der Waals surface area contributed by atoms with Crippen LogP contribution in [0.1, 0.15) is 57.8 Å². The SMILES string of the molecule is COc1cc2nc(NCCCN3CCCC3=O)nc(NC3CCCCCC3)c2cc1OC. The molecule has 2 fully saturated rings. The molecule has 0 unspecified atom stereocenters. The lowest BCUT2D eigenvalue weighted by Gasteiger charge is -2.20. The van der Waals surface area contributed by atoms with E-state index in [1.165, 1.54) is 25.7 Å². The zero-order chi connectivity index (χ0) is 22.3. The molecule has 8 heteroatoms. The Bertz CT molecular complexity index is 927. The molecule has 1 amide bonds. The van der Waals surface area contributed by atoms with Crippen molar-refractivity contribution in [2.75, 3.05) is 44.5 Å². The molecule has 2 aromatic rings. The number of carbonyl (C=O) groups excluding carboxylic acids is 1. The number of aromatic nitrogens is 2. The molecular weight excluding hydrogens is 406 g/mol. The monoisotopic (exact) mass is 441 g/mol. The van der Waals surface area contributed by atoms with Crippen molar-refractivity contribution in [3.8, 4) is 11.5 Å². The molecule has 0 bridgehead atoms. The van der Waals surface area contributed by atoms with Crippen LogP contribution >= 0.6 is 0 Å². The summed E-state index contributed by atoms with van der Waals surface area (Å²) in [5.74, 6) is 3.01. The average Bonchev–Trinajstić information content (AvgIpc) is 3.04. The number of hydrogen-bond acceptors (Lipinski definition) is 7. The van der Waals surface area contributed by atoms with E-state index in [4.69, 9.17) is 19.4 Å². The molecule has 4 rings (SSSR count). The van der Waals surface area contributed by atoms with E-state index in [1.807, 2.05) is 17.0 Å². The number of nitrogens with one attached hydrogen (secondary N) is 2. The molecule has 1 aliphatic carbocycles. The fourth-order valence-electron chi connectivity index (χ4n) is 4.67. The maximum absolute atomic E-state index is 11.8. The summed E-state index contributed by atoms with van der Waals surface area (Å²) in [4.78, 5) is 23.3. The molecule has 1 aromatic heterocycles. The lowest BCUT2D eigenvalue weighted by molar-refractivity contribution is -0.127. The Labute approximate surface area is 190 Å². The summed E-state index contributed by atoms with van der Waals surface area (Å²) >= 11 is 0. The van der Waals surface area contributed by atoms with Crippen LogP contribution in [0.25, 0.3) is 10.9 Å². The molecule has 174 valence electrons. The van der Waals surface area contributed by atoms with E-state index in [9.17, 15) is 4.79 Å². The van der Waals surface area contributed by atoms with Crippen LogP contribution in [0.2, 0.25) is 0 Å². The molecule has 0 spiro atoms. The first-order valence-electron chi connectivity index (χ1n) is 11.9. The van der Waals surface area contributed by atoms with E-state index >= 15 is 0 Å². The van der Waals surface area contributed by atoms with Gasteiger partial charge in [0.05, 0.1) is 19.7 Å². The number of methoxy groups -OCH3 is 2. The Morgan fingerprint density at radius 2 is 1.78 bits per heavy atom. The van der Waals surface area contributed by atoms with Crippen molar-refractivity contribution >= 4 is 28.6 Å². The summed E-state index contributed by atoms with van der Waals surface area (Å²) in [6.07, 6.45) is 9.95. The fourth-order valence-corrected chi connectivity index (χ4v) is 4.67. The van der Waals surface area contributed by atoms with Gasteiger partial charge in [-0.2, -0.15) is 4.98 Å². The summed E-state index contributed by atoms with van der Waals surface area (Å²) in [5.41, 5.74) is 0.811. The van der Waals surface area contributed by atoms with Crippen LogP contribution in [0.3, 0.4) is 0 Å². The second-order valence-electron chi connectivity index (χ2n) is 8.72. The van der Waals surface area contributed by atoms with E-state index in [0.29, 0.717) is 36.5 Å². The number of likely N-dealkylation sites (tertiary alicyclic amines) is 1. The second kappa shape index (κ2) is 10.7. The highest BCUT2D eigenvalue weighted by atomic mass is 16.5. The molecule has 0 atom stereocenters. The highest BCUT2D eigenvalue weighted by molar-refractivity contribution is 5.92. The number of hydrogen-bond donors (Lipinski definition) is 2. The molecule has 2 heterocycles. The number of nitrogens with zero attached hydrogens (tertiary/aromatic N) is 3. The van der Waals surface area contributed by atoms with Gasteiger partial charge in [-0.1, -0.05) is 25.7 Å². The number of ether oxygens (including phenoxy) is 2. The minimum absolute atomic E-state index is 0.267. The van der Waals surface area contributed by atoms with Gasteiger partial charge in [-0.25, -0.2) is 4.98 Å². The summed E-state index contributed by atoms with van der Waals surface area (Å²) < 4.78 is 11.0. The molecule has 8 nitrogen and oxygen atoms in total. The third-order valence-corrected chi connectivity index (χ3v) is 6.46. The Morgan fingerprint density at radius 1 is 1.03 bits per heavy atom. The number of rotatable bonds is 9. The topological polar surface area (TPSA) is 88.6 Å². The molecule has 32 heavy (non-hydrogen) atoms. The van der Waals surface area contributed by atoms with Crippen LogP contribution in [0.15, 0.2) is 12.1 Å². The highest BCUT2D eigenvalue weighted by Crippen LogP contribution is 2.35. The van der Waals surface area contributed by atoms with Crippen molar-refractivity contribution in [1.29, 1.82) is 0 Å². The third kappa shape index (κ3) is 5.34. The van der Waals surface area contributed by atoms with Gasteiger partial charge in [0.2, 0.25) is 11.9 Å². The van der Waals surface area contributed by atoms with Crippen LogP contribution in [0.5, 0.6) is 11.5 Å². The van der Waals surface area contributed by atoms with Gasteiger partial charge in [0.25, 0.3) is 0 Å². The molecule has 1 aliphatic heterocycles. The highest BCUT2D eigenvalue weighted by Gasteiger charge is 2.20. The van der Waals surface area contributed by atoms with E-state index in [0.717, 1.165) is 55.5 Å². The molecular formula is C24H35N5O3. The molecule has 0 radical (unpaired) electrons. The largest absolute Gasteiger partial charge is 0.493 e. The predicted molar refractivity (Wildman–Crippen MR) is 127 cm³/mol. The number of anilines is 2. The van der Waals surface area contributed by atoms with Crippen molar-refractivity contribution in [2.45, 2.75) is 63.8 Å². The van der Waals surface area contributed by atoms with E-state index in [2.05, 4.69) is 10.6 Å². The first-order chi connectivity index (χ1) is 15.7. The zero-order valence-corrected chi connectivity index (χ0v) is 19.3. The van der Waals surface area contributed by atoms with Gasteiger partial charge in [0.15, 0.2) is 11.5 Å². The molecule has 1 saturated carbocycles. The van der Waals surface area contributed by atoms with Crippen LogP contribution < -0.4 is 20.1 Å². The van der Waals surface area contributed by atoms with E-state index in [-0.39, 0.29) is 5.91 Å². The van der Waals surface area contributed by atoms with Crippen molar-refractivity contribution in [3.63, 3.8) is 0 Å². The lowest BCUT2D eigenvalue weighted by atomic mass is 10.1. The van der Waals surface area contributed by atoms with Crippen molar-refractivity contribution in [1.82, 2.24) is 14.9 Å². The molecule has 2 N–H and O–H groups in total. The van der Waals surface area contributed by atoms with Crippen molar-refractivity contribution < 1.29 is 14.3 Å². The predicted octanol–water partition coefficient (Wildman–Crippen LogP) is 4.21. The Balaban J connectivity index is 1.54. The van der Waals surface area contributed by atoms with Gasteiger partial charge >= 0.3 is 0 Å². The van der Waals surface area contributed by atoms with Gasteiger partial charge in [-0.05, 0) is 31.7 Å². The van der Waals surface area contributed by atoms with E-state index in [1.54, 1.807) is 14.2 Å². The Hall–Kier alpha value is -2.77. The van der Waals surface area contributed by atoms with Gasteiger partial charge in [0.1, 0.15) is 5.82 Å². The maximum atomic E-state index is 11.8. The molecule has 1 aromatic carbocycles. The summed E-state index contributed by atoms with van der Waals surface area (Å²) in [7, 11) is 3.28. The number of carbonyl (C=O) groups is 1. The van der Waals surface area contributed by atoms with Crippen LogP contribution in [0, 0.1) is 0 Å². The van der Waals surface area contributed by atoms with Gasteiger partial charge < -0.3 is 25.0 Å². The summed E-state index contributed by atoms with van der Waals surface area (Å²) in [5, 5.41) is 7.98. The first-order valence-corrected chi connectivity index (χ1v) is 11.9. The molecule has 2 aliphatic rings. The normalized spacial score (nSPS) is 17.4. The van der Waals surface area contributed by atoms with Crippen molar-refractivity contribution in [2.24, 2.45) is 0 Å². The minimum Gasteiger partial charge on any atom is -0.493 e. The fraction of sp³-hybridized carbons (Fsp3) is 0.625. The number of amides is 1. The number of benzene rings is 1. The first kappa shape index (κ1) is 22.4. The van der Waals surface area contributed by atoms with Gasteiger partial charge in [-0.3, -0.25) is 4.79 Å². The quantitative estimate of drug-likeness (QED) is 0.445. The second-order valence-corrected chi connectivity index (χ2v) is 8.72. The van der Waals surface area contributed by atoms with E-state index < -0.39 is 0 Å². The Kier molecular flexibility index (Phi) is 7.50. The maximum Gasteiger partial charge on any atom is 0.225 e.